The van der Waals surface area contributed by atoms with Gasteiger partial charge in [0, 0.05) is 6.54 Å². The smallest absolute Gasteiger partial charge is 0.165 e. The van der Waals surface area contributed by atoms with Gasteiger partial charge < -0.3 is 16.2 Å². The molecule has 2 rings (SSSR count). The van der Waals surface area contributed by atoms with E-state index >= 15 is 0 Å². The number of hydrogen-bond donors (Lipinski definition) is 3. The molecule has 19 heavy (non-hydrogen) atoms. The molecular weight excluding hydrogens is 240 g/mol. The molecule has 0 aliphatic rings. The Morgan fingerprint density at radius 1 is 1.16 bits per heavy atom. The molecule has 2 aromatic rings. The molecule has 0 atom stereocenters. The molecule has 0 saturated carbocycles. The fraction of sp³-hybridized carbons (Fsp3) is 0.143. The minimum atomic E-state index is 0.0404. The number of nitrogens with two attached hydrogens (primary N) is 1. The average Bonchev–Trinajstić information content (AvgIpc) is 2.47. The van der Waals surface area contributed by atoms with E-state index < -0.39 is 0 Å². The maximum Gasteiger partial charge on any atom is 0.165 e. The molecule has 0 unspecified atom stereocenters. The van der Waals surface area contributed by atoms with Gasteiger partial charge in [0.2, 0.25) is 0 Å². The number of anilines is 2. The van der Waals surface area contributed by atoms with Crippen LogP contribution in [0.15, 0.2) is 36.4 Å². The van der Waals surface area contributed by atoms with Gasteiger partial charge in [-0.05, 0) is 23.3 Å². The van der Waals surface area contributed by atoms with E-state index in [4.69, 9.17) is 16.1 Å². The first-order chi connectivity index (χ1) is 9.22. The quantitative estimate of drug-likeness (QED) is 0.771. The van der Waals surface area contributed by atoms with Crippen LogP contribution in [0, 0.1) is 11.3 Å². The van der Waals surface area contributed by atoms with E-state index in [9.17, 15) is 0 Å². The fourth-order valence-corrected chi connectivity index (χ4v) is 1.61. The van der Waals surface area contributed by atoms with Crippen LogP contribution >= 0.6 is 0 Å². The molecule has 0 aliphatic heterocycles. The van der Waals surface area contributed by atoms with Crippen molar-refractivity contribution in [3.05, 3.63) is 53.2 Å². The van der Waals surface area contributed by atoms with E-state index in [2.05, 4.69) is 10.3 Å². The molecule has 5 heteroatoms. The van der Waals surface area contributed by atoms with Crippen LogP contribution < -0.4 is 11.1 Å². The lowest BCUT2D eigenvalue weighted by Gasteiger charge is -2.07. The maximum absolute atomic E-state index is 8.95. The Morgan fingerprint density at radius 2 is 1.84 bits per heavy atom. The number of pyridine rings is 1. The van der Waals surface area contributed by atoms with Crippen LogP contribution in [0.25, 0.3) is 0 Å². The topological polar surface area (TPSA) is 95.0 Å². The number of rotatable bonds is 4. The normalized spacial score (nSPS) is 9.89. The summed E-state index contributed by atoms with van der Waals surface area (Å²) in [7, 11) is 0. The van der Waals surface area contributed by atoms with E-state index in [1.807, 2.05) is 30.3 Å². The summed E-state index contributed by atoms with van der Waals surface area (Å²) in [4.78, 5) is 4.10. The lowest BCUT2D eigenvalue weighted by Crippen LogP contribution is -2.03. The molecule has 0 saturated heterocycles. The summed E-state index contributed by atoms with van der Waals surface area (Å²) < 4.78 is 0. The zero-order valence-corrected chi connectivity index (χ0v) is 10.3. The summed E-state index contributed by atoms with van der Waals surface area (Å²) in [5.74, 6) is 0.608. The number of nitrogens with zero attached hydrogens (tertiary/aromatic N) is 2. The third-order valence-corrected chi connectivity index (χ3v) is 2.71. The zero-order valence-electron chi connectivity index (χ0n) is 10.3. The number of nitriles is 1. The molecule has 0 amide bonds. The number of aliphatic hydroxyl groups is 1. The highest BCUT2D eigenvalue weighted by molar-refractivity contribution is 5.54. The first-order valence-corrected chi connectivity index (χ1v) is 5.82. The minimum Gasteiger partial charge on any atom is -0.396 e. The second-order valence-electron chi connectivity index (χ2n) is 4.07. The third-order valence-electron chi connectivity index (χ3n) is 2.71. The highest BCUT2D eigenvalue weighted by Gasteiger charge is 2.02. The van der Waals surface area contributed by atoms with Crippen molar-refractivity contribution in [2.24, 2.45) is 0 Å². The van der Waals surface area contributed by atoms with Crippen molar-refractivity contribution in [3.63, 3.8) is 0 Å². The van der Waals surface area contributed by atoms with Crippen molar-refractivity contribution >= 4 is 11.5 Å². The van der Waals surface area contributed by atoms with Crippen molar-refractivity contribution < 1.29 is 5.11 Å². The van der Waals surface area contributed by atoms with Crippen molar-refractivity contribution in [1.29, 1.82) is 5.26 Å². The average molecular weight is 254 g/mol. The molecule has 5 nitrogen and oxygen atoms in total. The molecular formula is C14H14N4O. The lowest BCUT2D eigenvalue weighted by atomic mass is 10.1. The number of hydrogen-bond acceptors (Lipinski definition) is 5. The molecule has 1 heterocycles. The van der Waals surface area contributed by atoms with Gasteiger partial charge in [0.15, 0.2) is 5.69 Å². The summed E-state index contributed by atoms with van der Waals surface area (Å²) in [5.41, 5.74) is 8.14. The van der Waals surface area contributed by atoms with Crippen molar-refractivity contribution in [3.8, 4) is 6.07 Å². The van der Waals surface area contributed by atoms with E-state index in [0.29, 0.717) is 18.1 Å². The van der Waals surface area contributed by atoms with Crippen LogP contribution in [0.3, 0.4) is 0 Å². The van der Waals surface area contributed by atoms with Gasteiger partial charge in [0.1, 0.15) is 11.9 Å². The molecule has 0 spiro atoms. The van der Waals surface area contributed by atoms with Crippen LogP contribution in [0.2, 0.25) is 0 Å². The van der Waals surface area contributed by atoms with Gasteiger partial charge in [0.25, 0.3) is 0 Å². The SMILES string of the molecule is N#Cc1nc(NCc2ccc(CO)cc2)ccc1N. The Hall–Kier alpha value is -2.58. The number of aromatic nitrogens is 1. The van der Waals surface area contributed by atoms with Gasteiger partial charge in [-0.2, -0.15) is 5.26 Å². The van der Waals surface area contributed by atoms with Gasteiger partial charge >= 0.3 is 0 Å². The predicted octanol–water partition coefficient (Wildman–Crippen LogP) is 1.64. The minimum absolute atomic E-state index is 0.0404. The number of benzene rings is 1. The number of aliphatic hydroxyl groups excluding tert-OH is 1. The molecule has 0 aliphatic carbocycles. The Labute approximate surface area is 111 Å². The molecule has 4 N–H and O–H groups in total. The molecule has 1 aromatic heterocycles. The third kappa shape index (κ3) is 3.21. The van der Waals surface area contributed by atoms with Crippen LogP contribution in [0.5, 0.6) is 0 Å². The van der Waals surface area contributed by atoms with Gasteiger partial charge in [0.05, 0.1) is 12.3 Å². The predicted molar refractivity (Wildman–Crippen MR) is 73.1 cm³/mol. The molecule has 0 fully saturated rings. The van der Waals surface area contributed by atoms with E-state index in [0.717, 1.165) is 11.1 Å². The Morgan fingerprint density at radius 3 is 2.47 bits per heavy atom. The lowest BCUT2D eigenvalue weighted by molar-refractivity contribution is 0.282. The van der Waals surface area contributed by atoms with Crippen molar-refractivity contribution in [2.75, 3.05) is 11.1 Å². The number of nitrogens with one attached hydrogen (secondary N) is 1. The van der Waals surface area contributed by atoms with Gasteiger partial charge in [-0.25, -0.2) is 4.98 Å². The Bertz CT molecular complexity index is 602. The monoisotopic (exact) mass is 254 g/mol. The van der Waals surface area contributed by atoms with E-state index in [1.54, 1.807) is 12.1 Å². The maximum atomic E-state index is 8.95. The summed E-state index contributed by atoms with van der Waals surface area (Å²) in [6, 6.07) is 12.9. The highest BCUT2D eigenvalue weighted by atomic mass is 16.3. The van der Waals surface area contributed by atoms with Gasteiger partial charge in [-0.3, -0.25) is 0 Å². The summed E-state index contributed by atoms with van der Waals surface area (Å²) in [6.07, 6.45) is 0. The second kappa shape index (κ2) is 5.85. The van der Waals surface area contributed by atoms with Crippen LogP contribution in [0.4, 0.5) is 11.5 Å². The first kappa shape index (κ1) is 12.9. The van der Waals surface area contributed by atoms with Gasteiger partial charge in [-0.15, -0.1) is 0 Å². The summed E-state index contributed by atoms with van der Waals surface area (Å²) >= 11 is 0. The first-order valence-electron chi connectivity index (χ1n) is 5.82. The standard InChI is InChI=1S/C14H14N4O/c15-7-13-12(16)5-6-14(18-13)17-8-10-1-3-11(9-19)4-2-10/h1-6,19H,8-9,16H2,(H,17,18). The van der Waals surface area contributed by atoms with Crippen LogP contribution in [0.1, 0.15) is 16.8 Å². The van der Waals surface area contributed by atoms with E-state index in [-0.39, 0.29) is 12.3 Å². The fourth-order valence-electron chi connectivity index (χ4n) is 1.61. The number of nitrogen functional groups attached to an aromatic ring is 1. The Balaban J connectivity index is 2.04. The largest absolute Gasteiger partial charge is 0.396 e. The second-order valence-corrected chi connectivity index (χ2v) is 4.07. The Kier molecular flexibility index (Phi) is 3.96. The molecule has 1 aromatic carbocycles. The van der Waals surface area contributed by atoms with E-state index in [1.165, 1.54) is 0 Å². The zero-order chi connectivity index (χ0) is 13.7. The van der Waals surface area contributed by atoms with Crippen molar-refractivity contribution in [1.82, 2.24) is 4.98 Å². The molecule has 0 radical (unpaired) electrons. The highest BCUT2D eigenvalue weighted by Crippen LogP contribution is 2.13. The molecule has 0 bridgehead atoms. The van der Waals surface area contributed by atoms with Crippen LogP contribution in [-0.2, 0) is 13.2 Å². The van der Waals surface area contributed by atoms with Crippen molar-refractivity contribution in [2.45, 2.75) is 13.2 Å². The van der Waals surface area contributed by atoms with Gasteiger partial charge in [-0.1, -0.05) is 24.3 Å². The summed E-state index contributed by atoms with van der Waals surface area (Å²) in [5, 5.41) is 20.9. The van der Waals surface area contributed by atoms with Crippen LogP contribution in [-0.4, -0.2) is 10.1 Å². The summed E-state index contributed by atoms with van der Waals surface area (Å²) in [6.45, 7) is 0.631. The molecule has 96 valence electrons.